The van der Waals surface area contributed by atoms with E-state index in [9.17, 15) is 33.6 Å². The standard InChI is InChI=1S/C38H56N4O8/c1-9-10-14-25(33(46)28(43)17-18-30(45)39-31(35(47)41(7)8)24-15-12-11-13-16-24)20-29(44)32-27-19-26(27)21-42(32)36(48)34(38(4,5)6)40-37(49)50-22-23(2)3/h11-13,15-16,23,25-27,31-32,34H,9-10,14,17-22H2,1-8H3,(H,39,45)(H,40,49)/t25?,26-,27-,31-,32?,34+/m0/s1. The minimum Gasteiger partial charge on any atom is -0.449 e. The van der Waals surface area contributed by atoms with Gasteiger partial charge < -0.3 is 25.2 Å². The molecular weight excluding hydrogens is 640 g/mol. The maximum atomic E-state index is 14.0. The van der Waals surface area contributed by atoms with E-state index in [4.69, 9.17) is 4.74 Å². The molecule has 0 radical (unpaired) electrons. The normalized spacial score (nSPS) is 19.9. The van der Waals surface area contributed by atoms with Gasteiger partial charge in [0.05, 0.1) is 12.6 Å². The molecule has 12 nitrogen and oxygen atoms in total. The average molecular weight is 697 g/mol. The van der Waals surface area contributed by atoms with Gasteiger partial charge in [-0.15, -0.1) is 0 Å². The molecule has 2 unspecified atom stereocenters. The highest BCUT2D eigenvalue weighted by molar-refractivity contribution is 6.38. The van der Waals surface area contributed by atoms with E-state index >= 15 is 0 Å². The Labute approximate surface area is 296 Å². The number of unbranched alkanes of at least 4 members (excludes halogenated alkanes) is 1. The lowest BCUT2D eigenvalue weighted by Crippen LogP contribution is -2.57. The maximum Gasteiger partial charge on any atom is 0.407 e. The number of alkyl carbamates (subject to hydrolysis) is 1. The molecule has 0 aromatic heterocycles. The largest absolute Gasteiger partial charge is 0.449 e. The van der Waals surface area contributed by atoms with E-state index in [2.05, 4.69) is 10.6 Å². The Hall–Kier alpha value is -4.09. The number of likely N-dealkylation sites (tertiary alicyclic amines) is 1. The molecule has 1 aliphatic carbocycles. The second-order valence-electron chi connectivity index (χ2n) is 15.5. The Morgan fingerprint density at radius 2 is 1.64 bits per heavy atom. The van der Waals surface area contributed by atoms with Crippen LogP contribution in [0.4, 0.5) is 4.79 Å². The van der Waals surface area contributed by atoms with Crippen molar-refractivity contribution in [3.05, 3.63) is 35.9 Å². The lowest BCUT2D eigenvalue weighted by atomic mass is 9.84. The minimum atomic E-state index is -0.943. The average Bonchev–Trinajstić information content (AvgIpc) is 3.72. The maximum absolute atomic E-state index is 14.0. The molecule has 12 heteroatoms. The molecule has 1 aromatic carbocycles. The quantitative estimate of drug-likeness (QED) is 0.216. The van der Waals surface area contributed by atoms with Crippen molar-refractivity contribution in [3.8, 4) is 0 Å². The molecule has 276 valence electrons. The third kappa shape index (κ3) is 11.0. The van der Waals surface area contributed by atoms with Crippen molar-refractivity contribution < 1.29 is 38.3 Å². The first-order valence-electron chi connectivity index (χ1n) is 17.8. The zero-order chi connectivity index (χ0) is 37.3. The molecule has 2 N–H and O–H groups in total. The summed E-state index contributed by atoms with van der Waals surface area (Å²) in [7, 11) is 3.16. The van der Waals surface area contributed by atoms with Gasteiger partial charge in [0.15, 0.2) is 11.6 Å². The van der Waals surface area contributed by atoms with Gasteiger partial charge in [0.1, 0.15) is 12.1 Å². The highest BCUT2D eigenvalue weighted by Gasteiger charge is 2.58. The van der Waals surface area contributed by atoms with Crippen molar-refractivity contribution in [2.45, 2.75) is 105 Å². The molecule has 50 heavy (non-hydrogen) atoms. The minimum absolute atomic E-state index is 0.0243. The summed E-state index contributed by atoms with van der Waals surface area (Å²) in [6.07, 6.45) is 0.961. The van der Waals surface area contributed by atoms with Crippen LogP contribution in [0.3, 0.4) is 0 Å². The molecule has 1 saturated carbocycles. The number of piperidine rings is 1. The summed E-state index contributed by atoms with van der Waals surface area (Å²) in [5.41, 5.74) is -0.0823. The van der Waals surface area contributed by atoms with Crippen LogP contribution in [0.25, 0.3) is 0 Å². The van der Waals surface area contributed by atoms with Crippen LogP contribution in [0.5, 0.6) is 0 Å². The fourth-order valence-corrected chi connectivity index (χ4v) is 6.46. The molecule has 0 spiro atoms. The first-order chi connectivity index (χ1) is 23.5. The number of ether oxygens (including phenoxy) is 1. The molecule has 1 aliphatic heterocycles. The SMILES string of the molecule is CCCCC(CC(=O)C1[C@H]2C[C@H]2CN1C(=O)[C@@H](NC(=O)OCC(C)C)C(C)(C)C)C(=O)C(=O)CCC(=O)N[C@H](C(=O)N(C)C)c1ccccc1. The molecular formula is C38H56N4O8. The zero-order valence-electron chi connectivity index (χ0n) is 31.0. The number of hydrogen-bond donors (Lipinski definition) is 2. The molecule has 3 rings (SSSR count). The van der Waals surface area contributed by atoms with E-state index in [1.807, 2.05) is 41.5 Å². The number of benzene rings is 1. The molecule has 0 bridgehead atoms. The summed E-state index contributed by atoms with van der Waals surface area (Å²) in [4.78, 5) is 95.8. The molecule has 1 saturated heterocycles. The van der Waals surface area contributed by atoms with Gasteiger partial charge in [-0.05, 0) is 41.6 Å². The lowest BCUT2D eigenvalue weighted by Gasteiger charge is -2.36. The van der Waals surface area contributed by atoms with Crippen LogP contribution in [0, 0.1) is 29.1 Å². The number of likely N-dealkylation sites (N-methyl/N-ethyl adjacent to an activating group) is 1. The summed E-state index contributed by atoms with van der Waals surface area (Å²) in [6.45, 7) is 11.9. The summed E-state index contributed by atoms with van der Waals surface area (Å²) < 4.78 is 5.28. The first-order valence-corrected chi connectivity index (χ1v) is 17.8. The summed E-state index contributed by atoms with van der Waals surface area (Å²) >= 11 is 0. The summed E-state index contributed by atoms with van der Waals surface area (Å²) in [6, 6.07) is 6.13. The fraction of sp³-hybridized carbons (Fsp3) is 0.658. The van der Waals surface area contributed by atoms with Crippen LogP contribution in [-0.2, 0) is 33.5 Å². The van der Waals surface area contributed by atoms with Crippen LogP contribution >= 0.6 is 0 Å². The first kappa shape index (κ1) is 40.3. The summed E-state index contributed by atoms with van der Waals surface area (Å²) in [5, 5.41) is 5.41. The van der Waals surface area contributed by atoms with Crippen molar-refractivity contribution in [2.24, 2.45) is 29.1 Å². The fourth-order valence-electron chi connectivity index (χ4n) is 6.46. The zero-order valence-corrected chi connectivity index (χ0v) is 31.0. The van der Waals surface area contributed by atoms with Crippen molar-refractivity contribution in [1.29, 1.82) is 0 Å². The topological polar surface area (TPSA) is 159 Å². The van der Waals surface area contributed by atoms with Crippen molar-refractivity contribution >= 4 is 41.2 Å². The predicted molar refractivity (Wildman–Crippen MR) is 188 cm³/mol. The van der Waals surface area contributed by atoms with Crippen LogP contribution in [0.1, 0.15) is 98.1 Å². The van der Waals surface area contributed by atoms with E-state index in [0.717, 1.165) is 12.8 Å². The molecule has 6 atom stereocenters. The van der Waals surface area contributed by atoms with Gasteiger partial charge in [-0.1, -0.05) is 84.7 Å². The highest BCUT2D eigenvalue weighted by Crippen LogP contribution is 2.50. The van der Waals surface area contributed by atoms with Crippen molar-refractivity contribution in [3.63, 3.8) is 0 Å². The van der Waals surface area contributed by atoms with Gasteiger partial charge in [-0.3, -0.25) is 28.8 Å². The van der Waals surface area contributed by atoms with E-state index in [1.54, 1.807) is 49.3 Å². The molecule has 1 aromatic rings. The Kier molecular flexibility index (Phi) is 14.3. The molecule has 4 amide bonds. The monoisotopic (exact) mass is 696 g/mol. The van der Waals surface area contributed by atoms with Gasteiger partial charge in [0, 0.05) is 45.8 Å². The number of amides is 4. The Bertz CT molecular complexity index is 1400. The Morgan fingerprint density at radius 3 is 2.22 bits per heavy atom. The molecule has 2 aliphatic rings. The van der Waals surface area contributed by atoms with Crippen LogP contribution in [-0.4, -0.2) is 90.3 Å². The van der Waals surface area contributed by atoms with Crippen molar-refractivity contribution in [2.75, 3.05) is 27.2 Å². The second kappa shape index (κ2) is 17.7. The molecule has 2 fully saturated rings. The second-order valence-corrected chi connectivity index (χ2v) is 15.5. The number of ketones is 3. The number of nitrogens with zero attached hydrogens (tertiary/aromatic N) is 2. The van der Waals surface area contributed by atoms with Crippen LogP contribution in [0.2, 0.25) is 0 Å². The smallest absolute Gasteiger partial charge is 0.407 e. The van der Waals surface area contributed by atoms with E-state index in [-0.39, 0.29) is 61.2 Å². The number of nitrogens with one attached hydrogen (secondary N) is 2. The Morgan fingerprint density at radius 1 is 0.980 bits per heavy atom. The number of carbonyl (C=O) groups is 7. The molecule has 1 heterocycles. The van der Waals surface area contributed by atoms with E-state index in [1.165, 1.54) is 4.90 Å². The van der Waals surface area contributed by atoms with Gasteiger partial charge in [0.2, 0.25) is 23.5 Å². The number of fused-ring (bicyclic) bond motifs is 1. The number of Topliss-reactive ketones (excluding diaryl/α,β-unsaturated/α-hetero) is 3. The van der Waals surface area contributed by atoms with Gasteiger partial charge in [0.25, 0.3) is 0 Å². The van der Waals surface area contributed by atoms with Gasteiger partial charge in [-0.2, -0.15) is 0 Å². The van der Waals surface area contributed by atoms with Crippen molar-refractivity contribution in [1.82, 2.24) is 20.4 Å². The lowest BCUT2D eigenvalue weighted by molar-refractivity contribution is -0.144. The number of carbonyl (C=O) groups excluding carboxylic acids is 7. The third-order valence-corrected chi connectivity index (χ3v) is 9.39. The number of rotatable bonds is 18. The van der Waals surface area contributed by atoms with E-state index in [0.29, 0.717) is 24.9 Å². The van der Waals surface area contributed by atoms with Crippen LogP contribution in [0.15, 0.2) is 30.3 Å². The summed E-state index contributed by atoms with van der Waals surface area (Å²) in [5.74, 6) is -3.58. The number of hydrogen-bond acceptors (Lipinski definition) is 8. The Balaban J connectivity index is 1.68. The highest BCUT2D eigenvalue weighted by atomic mass is 16.5. The van der Waals surface area contributed by atoms with Gasteiger partial charge >= 0.3 is 6.09 Å². The predicted octanol–water partition coefficient (Wildman–Crippen LogP) is 4.26. The van der Waals surface area contributed by atoms with Gasteiger partial charge in [-0.25, -0.2) is 4.79 Å². The third-order valence-electron chi connectivity index (χ3n) is 9.39. The van der Waals surface area contributed by atoms with Crippen LogP contribution < -0.4 is 10.6 Å². The van der Waals surface area contributed by atoms with E-state index < -0.39 is 53.0 Å².